The van der Waals surface area contributed by atoms with Crippen LogP contribution in [0.3, 0.4) is 0 Å². The fourth-order valence-corrected chi connectivity index (χ4v) is 3.57. The average Bonchev–Trinajstić information content (AvgIpc) is 3.03. The minimum Gasteiger partial charge on any atom is -0.338 e. The van der Waals surface area contributed by atoms with Crippen molar-refractivity contribution < 1.29 is 13.6 Å². The molecule has 0 unspecified atom stereocenters. The highest BCUT2D eigenvalue weighted by Crippen LogP contribution is 2.22. The second-order valence-electron chi connectivity index (χ2n) is 6.10. The van der Waals surface area contributed by atoms with Crippen LogP contribution in [0, 0.1) is 11.6 Å². The molecule has 1 atom stereocenters. The van der Waals surface area contributed by atoms with Crippen molar-refractivity contribution in [3.05, 3.63) is 64.7 Å². The Hall–Kier alpha value is -2.38. The van der Waals surface area contributed by atoms with Crippen LogP contribution in [0.15, 0.2) is 42.5 Å². The number of carbonyl (C=O) groups is 1. The van der Waals surface area contributed by atoms with Crippen LogP contribution in [-0.2, 0) is 11.3 Å². The summed E-state index contributed by atoms with van der Waals surface area (Å²) in [5.41, 5.74) is 1.52. The topological polar surface area (TPSA) is 45.2 Å². The highest BCUT2D eigenvalue weighted by molar-refractivity contribution is 7.18. The van der Waals surface area contributed by atoms with Crippen molar-refractivity contribution in [2.75, 3.05) is 13.6 Å². The zero-order valence-electron chi connectivity index (χ0n) is 14.5. The first-order valence-electron chi connectivity index (χ1n) is 8.21. The van der Waals surface area contributed by atoms with Gasteiger partial charge < -0.3 is 10.2 Å². The molecule has 1 aromatic heterocycles. The van der Waals surface area contributed by atoms with E-state index in [1.807, 2.05) is 24.3 Å². The van der Waals surface area contributed by atoms with Gasteiger partial charge in [0.25, 0.3) is 0 Å². The van der Waals surface area contributed by atoms with Gasteiger partial charge in [0.1, 0.15) is 5.01 Å². The predicted octanol–water partition coefficient (Wildman–Crippen LogP) is 3.88. The largest absolute Gasteiger partial charge is 0.338 e. The minimum atomic E-state index is -0.893. The van der Waals surface area contributed by atoms with Gasteiger partial charge in [-0.05, 0) is 36.8 Å². The lowest BCUT2D eigenvalue weighted by Crippen LogP contribution is -2.36. The van der Waals surface area contributed by atoms with Crippen molar-refractivity contribution >= 4 is 27.5 Å². The molecule has 4 nitrogen and oxygen atoms in total. The highest BCUT2D eigenvalue weighted by Gasteiger charge is 2.15. The standard InChI is InChI=1S/C19H19F2N3OS/c1-12(13-7-8-14(20)15(21)9-13)22-10-19(25)24(2)11-18-23-16-5-3-4-6-17(16)26-18/h3-9,12,22H,10-11H2,1-2H3/t12-/m1/s1. The number of aromatic nitrogens is 1. The molecule has 0 aliphatic carbocycles. The molecule has 3 rings (SSSR count). The molecule has 3 aromatic rings. The number of para-hydroxylation sites is 1. The molecule has 1 N–H and O–H groups in total. The molecule has 0 aliphatic heterocycles. The molecule has 0 bridgehead atoms. The monoisotopic (exact) mass is 375 g/mol. The quantitative estimate of drug-likeness (QED) is 0.711. The predicted molar refractivity (Wildman–Crippen MR) is 98.9 cm³/mol. The van der Waals surface area contributed by atoms with Crippen molar-refractivity contribution in [2.45, 2.75) is 19.5 Å². The van der Waals surface area contributed by atoms with E-state index in [1.165, 1.54) is 6.07 Å². The maximum absolute atomic E-state index is 13.3. The van der Waals surface area contributed by atoms with Gasteiger partial charge >= 0.3 is 0 Å². The molecule has 0 spiro atoms. The van der Waals surface area contributed by atoms with Crippen LogP contribution in [0.5, 0.6) is 0 Å². The molecular weight excluding hydrogens is 356 g/mol. The summed E-state index contributed by atoms with van der Waals surface area (Å²) in [4.78, 5) is 18.4. The molecule has 7 heteroatoms. The maximum atomic E-state index is 13.3. The van der Waals surface area contributed by atoms with Gasteiger partial charge in [0.2, 0.25) is 5.91 Å². The van der Waals surface area contributed by atoms with E-state index in [0.717, 1.165) is 27.4 Å². The lowest BCUT2D eigenvalue weighted by molar-refractivity contribution is -0.129. The zero-order valence-corrected chi connectivity index (χ0v) is 15.3. The molecule has 0 saturated carbocycles. The Morgan fingerprint density at radius 3 is 2.73 bits per heavy atom. The van der Waals surface area contributed by atoms with E-state index >= 15 is 0 Å². The first-order chi connectivity index (χ1) is 12.4. The van der Waals surface area contributed by atoms with Crippen LogP contribution in [0.25, 0.3) is 10.2 Å². The van der Waals surface area contributed by atoms with Gasteiger partial charge in [-0.15, -0.1) is 11.3 Å². The molecule has 0 fully saturated rings. The van der Waals surface area contributed by atoms with E-state index in [-0.39, 0.29) is 18.5 Å². The molecule has 1 amide bonds. The highest BCUT2D eigenvalue weighted by atomic mass is 32.1. The summed E-state index contributed by atoms with van der Waals surface area (Å²) >= 11 is 1.56. The Morgan fingerprint density at radius 1 is 1.23 bits per heavy atom. The van der Waals surface area contributed by atoms with Crippen molar-refractivity contribution in [3.63, 3.8) is 0 Å². The van der Waals surface area contributed by atoms with E-state index in [0.29, 0.717) is 12.1 Å². The van der Waals surface area contributed by atoms with Crippen LogP contribution < -0.4 is 5.32 Å². The maximum Gasteiger partial charge on any atom is 0.236 e. The first-order valence-corrected chi connectivity index (χ1v) is 9.02. The fraction of sp³-hybridized carbons (Fsp3) is 0.263. The number of carbonyl (C=O) groups excluding carboxylic acids is 1. The molecular formula is C19H19F2N3OS. The van der Waals surface area contributed by atoms with E-state index < -0.39 is 11.6 Å². The number of likely N-dealkylation sites (N-methyl/N-ethyl adjacent to an activating group) is 1. The van der Waals surface area contributed by atoms with Crippen molar-refractivity contribution in [1.82, 2.24) is 15.2 Å². The van der Waals surface area contributed by atoms with E-state index in [2.05, 4.69) is 10.3 Å². The number of thiazole rings is 1. The molecule has 2 aromatic carbocycles. The van der Waals surface area contributed by atoms with Crippen molar-refractivity contribution in [1.29, 1.82) is 0 Å². The van der Waals surface area contributed by atoms with Crippen LogP contribution in [0.2, 0.25) is 0 Å². The number of rotatable bonds is 6. The molecule has 26 heavy (non-hydrogen) atoms. The lowest BCUT2D eigenvalue weighted by Gasteiger charge is -2.19. The second kappa shape index (κ2) is 7.88. The Labute approximate surface area is 154 Å². The number of hydrogen-bond donors (Lipinski definition) is 1. The summed E-state index contributed by atoms with van der Waals surface area (Å²) in [6.07, 6.45) is 0. The van der Waals surface area contributed by atoms with Crippen molar-refractivity contribution in [2.24, 2.45) is 0 Å². The van der Waals surface area contributed by atoms with Gasteiger partial charge in [-0.1, -0.05) is 18.2 Å². The Morgan fingerprint density at radius 2 is 2.00 bits per heavy atom. The summed E-state index contributed by atoms with van der Waals surface area (Å²) in [5.74, 6) is -1.87. The SMILES string of the molecule is C[C@@H](NCC(=O)N(C)Cc1nc2ccccc2s1)c1ccc(F)c(F)c1. The van der Waals surface area contributed by atoms with Gasteiger partial charge in [-0.25, -0.2) is 13.8 Å². The van der Waals surface area contributed by atoms with E-state index in [4.69, 9.17) is 0 Å². The van der Waals surface area contributed by atoms with Crippen LogP contribution in [-0.4, -0.2) is 29.4 Å². The third-order valence-electron chi connectivity index (χ3n) is 4.14. The Kier molecular flexibility index (Phi) is 5.58. The number of nitrogens with zero attached hydrogens (tertiary/aromatic N) is 2. The number of amides is 1. The number of nitrogens with one attached hydrogen (secondary N) is 1. The third kappa shape index (κ3) is 4.23. The first kappa shape index (κ1) is 18.4. The van der Waals surface area contributed by atoms with Crippen molar-refractivity contribution in [3.8, 4) is 0 Å². The summed E-state index contributed by atoms with van der Waals surface area (Å²) < 4.78 is 27.4. The minimum absolute atomic E-state index is 0.0984. The number of fused-ring (bicyclic) bond motifs is 1. The fourth-order valence-electron chi connectivity index (χ4n) is 2.55. The smallest absolute Gasteiger partial charge is 0.236 e. The van der Waals surface area contributed by atoms with Crippen LogP contribution in [0.4, 0.5) is 8.78 Å². The van der Waals surface area contributed by atoms with E-state index in [1.54, 1.807) is 30.2 Å². The molecule has 0 radical (unpaired) electrons. The third-order valence-corrected chi connectivity index (χ3v) is 5.16. The number of hydrogen-bond acceptors (Lipinski definition) is 4. The summed E-state index contributed by atoms with van der Waals surface area (Å²) in [5, 5.41) is 3.91. The van der Waals surface area contributed by atoms with Gasteiger partial charge in [0.05, 0.1) is 23.3 Å². The van der Waals surface area contributed by atoms with Gasteiger partial charge in [-0.3, -0.25) is 4.79 Å². The number of benzene rings is 2. The lowest BCUT2D eigenvalue weighted by atomic mass is 10.1. The van der Waals surface area contributed by atoms with Crippen LogP contribution >= 0.6 is 11.3 Å². The summed E-state index contributed by atoms with van der Waals surface area (Å²) in [6.45, 7) is 2.33. The second-order valence-corrected chi connectivity index (χ2v) is 7.22. The van der Waals surface area contributed by atoms with E-state index in [9.17, 15) is 13.6 Å². The molecule has 136 valence electrons. The van der Waals surface area contributed by atoms with Gasteiger partial charge in [0.15, 0.2) is 11.6 Å². The number of halogens is 2. The van der Waals surface area contributed by atoms with Gasteiger partial charge in [0, 0.05) is 13.1 Å². The summed E-state index contributed by atoms with van der Waals surface area (Å²) in [7, 11) is 1.72. The normalized spacial score (nSPS) is 12.3. The summed E-state index contributed by atoms with van der Waals surface area (Å²) in [6, 6.07) is 11.3. The van der Waals surface area contributed by atoms with Crippen LogP contribution in [0.1, 0.15) is 23.5 Å². The molecule has 0 aliphatic rings. The van der Waals surface area contributed by atoms with Gasteiger partial charge in [-0.2, -0.15) is 0 Å². The molecule has 0 saturated heterocycles. The Bertz CT molecular complexity index is 895. The molecule has 1 heterocycles. The average molecular weight is 375 g/mol. The Balaban J connectivity index is 1.55. The zero-order chi connectivity index (χ0) is 18.7.